The Kier molecular flexibility index (Phi) is 3.42. The third-order valence-electron chi connectivity index (χ3n) is 3.47. The molecule has 1 fully saturated rings. The van der Waals surface area contributed by atoms with E-state index in [-0.39, 0.29) is 5.82 Å². The van der Waals surface area contributed by atoms with Crippen molar-refractivity contribution in [3.8, 4) is 11.3 Å². The third kappa shape index (κ3) is 2.89. The fourth-order valence-electron chi connectivity index (χ4n) is 2.12. The molecule has 22 heavy (non-hydrogen) atoms. The van der Waals surface area contributed by atoms with Gasteiger partial charge in [-0.1, -0.05) is 16.9 Å². The van der Waals surface area contributed by atoms with E-state index in [2.05, 4.69) is 20.1 Å². The summed E-state index contributed by atoms with van der Waals surface area (Å²) in [6, 6.07) is 6.30. The summed E-state index contributed by atoms with van der Waals surface area (Å²) in [7, 11) is 0. The molecule has 0 radical (unpaired) electrons. The molecule has 0 atom stereocenters. The standard InChI is InChI=1S/C15H13FN4OS/c16-11-5-3-9(4-6-11)12-7-17-15(18-12)22-8-13-19-14(20-21-13)10-1-2-10/h3-7,10H,1-2,8H2,(H,17,18). The second kappa shape index (κ2) is 5.57. The zero-order valence-electron chi connectivity index (χ0n) is 11.6. The number of hydrogen-bond donors (Lipinski definition) is 1. The normalized spacial score (nSPS) is 14.4. The van der Waals surface area contributed by atoms with Crippen LogP contribution in [0, 0.1) is 5.82 Å². The van der Waals surface area contributed by atoms with E-state index in [9.17, 15) is 4.39 Å². The Labute approximate surface area is 130 Å². The second-order valence-electron chi connectivity index (χ2n) is 5.22. The van der Waals surface area contributed by atoms with Gasteiger partial charge in [-0.2, -0.15) is 4.98 Å². The van der Waals surface area contributed by atoms with Crippen LogP contribution in [0.5, 0.6) is 0 Å². The Hall–Kier alpha value is -2.15. The summed E-state index contributed by atoms with van der Waals surface area (Å²) in [5, 5.41) is 4.75. The van der Waals surface area contributed by atoms with Gasteiger partial charge in [-0.25, -0.2) is 9.37 Å². The monoisotopic (exact) mass is 316 g/mol. The van der Waals surface area contributed by atoms with Gasteiger partial charge in [0.2, 0.25) is 5.89 Å². The quantitative estimate of drug-likeness (QED) is 0.726. The SMILES string of the molecule is Fc1ccc(-c2cnc(SCc3nc(C4CC4)no3)[nH]2)cc1. The highest BCUT2D eigenvalue weighted by molar-refractivity contribution is 7.98. The van der Waals surface area contributed by atoms with E-state index >= 15 is 0 Å². The Morgan fingerprint density at radius 3 is 2.86 bits per heavy atom. The molecule has 0 unspecified atom stereocenters. The maximum atomic E-state index is 12.9. The molecule has 4 rings (SSSR count). The maximum Gasteiger partial charge on any atom is 0.237 e. The average Bonchev–Trinajstić information content (AvgIpc) is 3.09. The number of aromatic amines is 1. The van der Waals surface area contributed by atoms with E-state index in [1.165, 1.54) is 23.9 Å². The van der Waals surface area contributed by atoms with Gasteiger partial charge in [0, 0.05) is 5.92 Å². The highest BCUT2D eigenvalue weighted by Gasteiger charge is 2.28. The molecule has 112 valence electrons. The number of benzene rings is 1. The molecule has 1 aliphatic carbocycles. The Morgan fingerprint density at radius 1 is 1.27 bits per heavy atom. The molecular weight excluding hydrogens is 303 g/mol. The van der Waals surface area contributed by atoms with Gasteiger partial charge >= 0.3 is 0 Å². The lowest BCUT2D eigenvalue weighted by Gasteiger charge is -1.96. The first-order valence-electron chi connectivity index (χ1n) is 7.04. The van der Waals surface area contributed by atoms with E-state index < -0.39 is 0 Å². The van der Waals surface area contributed by atoms with Gasteiger partial charge in [-0.05, 0) is 42.7 Å². The number of halogens is 1. The van der Waals surface area contributed by atoms with E-state index in [1.807, 2.05) is 0 Å². The van der Waals surface area contributed by atoms with Crippen LogP contribution in [0.15, 0.2) is 40.1 Å². The van der Waals surface area contributed by atoms with Crippen LogP contribution in [0.3, 0.4) is 0 Å². The molecular formula is C15H13FN4OS. The molecule has 0 saturated heterocycles. The van der Waals surface area contributed by atoms with Crippen molar-refractivity contribution in [3.63, 3.8) is 0 Å². The number of rotatable bonds is 5. The molecule has 0 spiro atoms. The first kappa shape index (κ1) is 13.5. The Bertz CT molecular complexity index is 779. The molecule has 1 aliphatic rings. The smallest absolute Gasteiger partial charge is 0.237 e. The molecule has 5 nitrogen and oxygen atoms in total. The molecule has 0 bridgehead atoms. The second-order valence-corrected chi connectivity index (χ2v) is 6.18. The molecule has 3 aromatic rings. The summed E-state index contributed by atoms with van der Waals surface area (Å²) in [5.74, 6) is 2.27. The predicted molar refractivity (Wildman–Crippen MR) is 79.8 cm³/mol. The molecule has 2 aromatic heterocycles. The number of imidazole rings is 1. The van der Waals surface area contributed by atoms with Gasteiger partial charge < -0.3 is 9.51 Å². The zero-order valence-corrected chi connectivity index (χ0v) is 12.4. The van der Waals surface area contributed by atoms with E-state index in [4.69, 9.17) is 4.52 Å². The number of hydrogen-bond acceptors (Lipinski definition) is 5. The summed E-state index contributed by atoms with van der Waals surface area (Å²) in [6.07, 6.45) is 4.05. The predicted octanol–water partition coefficient (Wildman–Crippen LogP) is 3.77. The molecule has 1 saturated carbocycles. The summed E-state index contributed by atoms with van der Waals surface area (Å²) < 4.78 is 18.2. The molecule has 1 aromatic carbocycles. The van der Waals surface area contributed by atoms with E-state index in [0.29, 0.717) is 17.6 Å². The highest BCUT2D eigenvalue weighted by Crippen LogP contribution is 2.38. The van der Waals surface area contributed by atoms with Crippen molar-refractivity contribution >= 4 is 11.8 Å². The topological polar surface area (TPSA) is 67.6 Å². The molecule has 0 amide bonds. The molecule has 0 aliphatic heterocycles. The van der Waals surface area contributed by atoms with Crippen LogP contribution in [0.4, 0.5) is 4.39 Å². The van der Waals surface area contributed by atoms with Gasteiger partial charge in [0.05, 0.1) is 17.6 Å². The maximum absolute atomic E-state index is 12.9. The highest BCUT2D eigenvalue weighted by atomic mass is 32.2. The average molecular weight is 316 g/mol. The minimum atomic E-state index is -0.249. The van der Waals surface area contributed by atoms with Crippen molar-refractivity contribution in [1.82, 2.24) is 20.1 Å². The lowest BCUT2D eigenvalue weighted by Crippen LogP contribution is -1.85. The largest absolute Gasteiger partial charge is 0.338 e. The van der Waals surface area contributed by atoms with Crippen molar-refractivity contribution in [2.24, 2.45) is 0 Å². The van der Waals surface area contributed by atoms with Crippen LogP contribution in [-0.4, -0.2) is 20.1 Å². The van der Waals surface area contributed by atoms with Crippen molar-refractivity contribution in [3.05, 3.63) is 48.0 Å². The summed E-state index contributed by atoms with van der Waals surface area (Å²) in [4.78, 5) is 11.9. The van der Waals surface area contributed by atoms with Crippen LogP contribution in [-0.2, 0) is 5.75 Å². The van der Waals surface area contributed by atoms with Gasteiger partial charge in [-0.15, -0.1) is 0 Å². The first-order valence-corrected chi connectivity index (χ1v) is 8.03. The van der Waals surface area contributed by atoms with Crippen LogP contribution in [0.1, 0.15) is 30.5 Å². The summed E-state index contributed by atoms with van der Waals surface area (Å²) in [5.41, 5.74) is 1.75. The number of nitrogens with one attached hydrogen (secondary N) is 1. The molecule has 7 heteroatoms. The van der Waals surface area contributed by atoms with Crippen LogP contribution in [0.25, 0.3) is 11.3 Å². The van der Waals surface area contributed by atoms with E-state index in [1.54, 1.807) is 18.3 Å². The number of nitrogens with zero attached hydrogens (tertiary/aromatic N) is 3. The van der Waals surface area contributed by atoms with Gasteiger partial charge in [0.15, 0.2) is 11.0 Å². The van der Waals surface area contributed by atoms with Gasteiger partial charge in [-0.3, -0.25) is 0 Å². The zero-order chi connectivity index (χ0) is 14.9. The van der Waals surface area contributed by atoms with Crippen LogP contribution >= 0.6 is 11.8 Å². The van der Waals surface area contributed by atoms with Crippen molar-refractivity contribution < 1.29 is 8.91 Å². The molecule has 1 N–H and O–H groups in total. The fraction of sp³-hybridized carbons (Fsp3) is 0.267. The number of thioether (sulfide) groups is 1. The Morgan fingerprint density at radius 2 is 2.09 bits per heavy atom. The molecule has 2 heterocycles. The summed E-state index contributed by atoms with van der Waals surface area (Å²) >= 11 is 1.50. The van der Waals surface area contributed by atoms with Crippen LogP contribution < -0.4 is 0 Å². The third-order valence-corrected chi connectivity index (χ3v) is 4.34. The van der Waals surface area contributed by atoms with Gasteiger partial charge in [0.1, 0.15) is 5.82 Å². The lowest BCUT2D eigenvalue weighted by atomic mass is 10.2. The number of H-pyrrole nitrogens is 1. The summed E-state index contributed by atoms with van der Waals surface area (Å²) in [6.45, 7) is 0. The fourth-order valence-corrected chi connectivity index (χ4v) is 2.80. The first-order chi connectivity index (χ1) is 10.8. The van der Waals surface area contributed by atoms with Crippen LogP contribution in [0.2, 0.25) is 0 Å². The minimum Gasteiger partial charge on any atom is -0.338 e. The lowest BCUT2D eigenvalue weighted by molar-refractivity contribution is 0.385. The number of aromatic nitrogens is 4. The Balaban J connectivity index is 1.41. The van der Waals surface area contributed by atoms with Gasteiger partial charge in [0.25, 0.3) is 0 Å². The van der Waals surface area contributed by atoms with Crippen molar-refractivity contribution in [2.45, 2.75) is 29.7 Å². The minimum absolute atomic E-state index is 0.249. The van der Waals surface area contributed by atoms with Crippen molar-refractivity contribution in [2.75, 3.05) is 0 Å². The van der Waals surface area contributed by atoms with Crippen molar-refractivity contribution in [1.29, 1.82) is 0 Å². The van der Waals surface area contributed by atoms with E-state index in [0.717, 1.165) is 35.1 Å².